The van der Waals surface area contributed by atoms with Crippen LogP contribution >= 0.6 is 0 Å². The number of nitrogens with one attached hydrogen (secondary N) is 2. The summed E-state index contributed by atoms with van der Waals surface area (Å²) in [5, 5.41) is 2.85. The molecule has 2 rings (SSSR count). The molecule has 0 aliphatic heterocycles. The smallest absolute Gasteiger partial charge is 0.241 e. The minimum atomic E-state index is -3.47. The maximum atomic E-state index is 12.4. The van der Waals surface area contributed by atoms with Crippen molar-refractivity contribution in [1.82, 2.24) is 9.71 Å². The molecule has 0 spiro atoms. The summed E-state index contributed by atoms with van der Waals surface area (Å²) in [6.45, 7) is 4.37. The minimum absolute atomic E-state index is 0.0324. The summed E-state index contributed by atoms with van der Waals surface area (Å²) in [6, 6.07) is 3.11. The van der Waals surface area contributed by atoms with Gasteiger partial charge in [-0.25, -0.2) is 18.1 Å². The Kier molecular flexibility index (Phi) is 4.65. The van der Waals surface area contributed by atoms with Gasteiger partial charge in [-0.3, -0.25) is 0 Å². The zero-order chi connectivity index (χ0) is 14.8. The van der Waals surface area contributed by atoms with Crippen molar-refractivity contribution in [2.45, 2.75) is 44.0 Å². The number of nitrogens with zero attached hydrogens (tertiary/aromatic N) is 1. The SMILES string of the molecule is CNc1cc(S(=O)(=O)NC2CC(C)CC(C)C2)ccn1. The Morgan fingerprint density at radius 1 is 1.20 bits per heavy atom. The highest BCUT2D eigenvalue weighted by molar-refractivity contribution is 7.89. The fourth-order valence-corrected chi connectivity index (χ4v) is 4.32. The van der Waals surface area contributed by atoms with Crippen LogP contribution in [0.1, 0.15) is 33.1 Å². The number of rotatable bonds is 4. The third-order valence-corrected chi connectivity index (χ3v) is 5.32. The van der Waals surface area contributed by atoms with Crippen LogP contribution in [0.2, 0.25) is 0 Å². The molecule has 1 aromatic heterocycles. The molecule has 1 heterocycles. The van der Waals surface area contributed by atoms with Gasteiger partial charge in [-0.15, -0.1) is 0 Å². The van der Waals surface area contributed by atoms with Crippen LogP contribution in [0.5, 0.6) is 0 Å². The second-order valence-electron chi connectivity index (χ2n) is 5.86. The normalized spacial score (nSPS) is 27.2. The molecule has 112 valence electrons. The van der Waals surface area contributed by atoms with E-state index in [4.69, 9.17) is 0 Å². The van der Waals surface area contributed by atoms with E-state index in [1.54, 1.807) is 13.1 Å². The van der Waals surface area contributed by atoms with Crippen molar-refractivity contribution in [3.05, 3.63) is 18.3 Å². The first-order valence-electron chi connectivity index (χ1n) is 7.07. The monoisotopic (exact) mass is 297 g/mol. The summed E-state index contributed by atoms with van der Waals surface area (Å²) in [6.07, 6.45) is 4.50. The zero-order valence-corrected chi connectivity index (χ0v) is 13.1. The summed E-state index contributed by atoms with van der Waals surface area (Å²) in [5.74, 6) is 1.69. The number of sulfonamides is 1. The summed E-state index contributed by atoms with van der Waals surface area (Å²) >= 11 is 0. The Morgan fingerprint density at radius 2 is 1.85 bits per heavy atom. The molecule has 0 bridgehead atoms. The van der Waals surface area contributed by atoms with Crippen LogP contribution in [-0.4, -0.2) is 26.5 Å². The summed E-state index contributed by atoms with van der Waals surface area (Å²) in [4.78, 5) is 4.31. The van der Waals surface area contributed by atoms with Crippen LogP contribution < -0.4 is 10.0 Å². The Labute approximate surface area is 121 Å². The van der Waals surface area contributed by atoms with Crippen LogP contribution in [0.15, 0.2) is 23.2 Å². The zero-order valence-electron chi connectivity index (χ0n) is 12.3. The Morgan fingerprint density at radius 3 is 2.45 bits per heavy atom. The fourth-order valence-electron chi connectivity index (χ4n) is 3.05. The molecule has 2 atom stereocenters. The van der Waals surface area contributed by atoms with Gasteiger partial charge in [0.1, 0.15) is 5.82 Å². The quantitative estimate of drug-likeness (QED) is 0.894. The maximum Gasteiger partial charge on any atom is 0.241 e. The molecule has 2 unspecified atom stereocenters. The standard InChI is InChI=1S/C14H23N3O2S/c1-10-6-11(2)8-12(7-10)17-20(18,19)13-4-5-16-14(9-13)15-3/h4-5,9-12,17H,6-8H2,1-3H3,(H,15,16). The molecule has 1 fully saturated rings. The highest BCUT2D eigenvalue weighted by Crippen LogP contribution is 2.29. The number of anilines is 1. The lowest BCUT2D eigenvalue weighted by molar-refractivity contribution is 0.257. The lowest BCUT2D eigenvalue weighted by atomic mass is 9.81. The third-order valence-electron chi connectivity index (χ3n) is 3.80. The molecule has 1 aromatic rings. The molecule has 1 saturated carbocycles. The lowest BCUT2D eigenvalue weighted by Crippen LogP contribution is -2.40. The highest BCUT2D eigenvalue weighted by atomic mass is 32.2. The Hall–Kier alpha value is -1.14. The van der Waals surface area contributed by atoms with Gasteiger partial charge in [0.25, 0.3) is 0 Å². The van der Waals surface area contributed by atoms with Gasteiger partial charge in [0.2, 0.25) is 10.0 Å². The van der Waals surface area contributed by atoms with Crippen molar-refractivity contribution in [3.8, 4) is 0 Å². The second-order valence-corrected chi connectivity index (χ2v) is 7.58. The van der Waals surface area contributed by atoms with E-state index < -0.39 is 10.0 Å². The van der Waals surface area contributed by atoms with Crippen LogP contribution in [0.3, 0.4) is 0 Å². The topological polar surface area (TPSA) is 71.1 Å². The molecule has 6 heteroatoms. The lowest BCUT2D eigenvalue weighted by Gasteiger charge is -2.31. The van der Waals surface area contributed by atoms with Gasteiger partial charge in [-0.05, 0) is 37.2 Å². The van der Waals surface area contributed by atoms with Gasteiger partial charge in [0, 0.05) is 25.4 Å². The van der Waals surface area contributed by atoms with Crippen molar-refractivity contribution in [3.63, 3.8) is 0 Å². The predicted octanol–water partition coefficient (Wildman–Crippen LogP) is 2.23. The number of hydrogen-bond donors (Lipinski definition) is 2. The Balaban J connectivity index is 2.14. The fraction of sp³-hybridized carbons (Fsp3) is 0.643. The molecule has 0 aromatic carbocycles. The van der Waals surface area contributed by atoms with Gasteiger partial charge in [-0.2, -0.15) is 0 Å². The highest BCUT2D eigenvalue weighted by Gasteiger charge is 2.28. The van der Waals surface area contributed by atoms with Crippen LogP contribution in [0, 0.1) is 11.8 Å². The summed E-state index contributed by atoms with van der Waals surface area (Å²) < 4.78 is 27.7. The average Bonchev–Trinajstić information content (AvgIpc) is 2.37. The van der Waals surface area contributed by atoms with E-state index in [1.807, 2.05) is 0 Å². The van der Waals surface area contributed by atoms with Crippen molar-refractivity contribution in [2.24, 2.45) is 11.8 Å². The average molecular weight is 297 g/mol. The third kappa shape index (κ3) is 3.70. The van der Waals surface area contributed by atoms with Crippen LogP contribution in [-0.2, 0) is 10.0 Å². The van der Waals surface area contributed by atoms with E-state index in [1.165, 1.54) is 18.7 Å². The van der Waals surface area contributed by atoms with Gasteiger partial charge in [-0.1, -0.05) is 13.8 Å². The van der Waals surface area contributed by atoms with Crippen LogP contribution in [0.25, 0.3) is 0 Å². The van der Waals surface area contributed by atoms with E-state index >= 15 is 0 Å². The molecular formula is C14H23N3O2S. The van der Waals surface area contributed by atoms with Crippen molar-refractivity contribution >= 4 is 15.8 Å². The molecule has 0 amide bonds. The first kappa shape index (κ1) is 15.3. The first-order chi connectivity index (χ1) is 9.40. The maximum absolute atomic E-state index is 12.4. The van der Waals surface area contributed by atoms with E-state index in [9.17, 15) is 8.42 Å². The van der Waals surface area contributed by atoms with Crippen LogP contribution in [0.4, 0.5) is 5.82 Å². The van der Waals surface area contributed by atoms with E-state index in [-0.39, 0.29) is 10.9 Å². The van der Waals surface area contributed by atoms with Gasteiger partial charge < -0.3 is 5.32 Å². The summed E-state index contributed by atoms with van der Waals surface area (Å²) in [7, 11) is -1.75. The molecule has 2 N–H and O–H groups in total. The van der Waals surface area contributed by atoms with Gasteiger partial charge in [0.15, 0.2) is 0 Å². The molecule has 0 saturated heterocycles. The van der Waals surface area contributed by atoms with E-state index in [0.717, 1.165) is 12.8 Å². The second kappa shape index (κ2) is 6.10. The molecule has 1 aliphatic carbocycles. The number of pyridine rings is 1. The first-order valence-corrected chi connectivity index (χ1v) is 8.55. The van der Waals surface area contributed by atoms with Crippen molar-refractivity contribution in [1.29, 1.82) is 0 Å². The molecule has 20 heavy (non-hydrogen) atoms. The van der Waals surface area contributed by atoms with E-state index in [0.29, 0.717) is 17.7 Å². The molecule has 5 nitrogen and oxygen atoms in total. The van der Waals surface area contributed by atoms with Gasteiger partial charge >= 0.3 is 0 Å². The molecule has 1 aliphatic rings. The predicted molar refractivity (Wildman–Crippen MR) is 80.1 cm³/mol. The molecule has 0 radical (unpaired) electrons. The number of aromatic nitrogens is 1. The number of hydrogen-bond acceptors (Lipinski definition) is 4. The van der Waals surface area contributed by atoms with E-state index in [2.05, 4.69) is 28.9 Å². The Bertz CT molecular complexity index is 549. The van der Waals surface area contributed by atoms with Crippen molar-refractivity contribution in [2.75, 3.05) is 12.4 Å². The minimum Gasteiger partial charge on any atom is -0.373 e. The largest absolute Gasteiger partial charge is 0.373 e. The molecular weight excluding hydrogens is 274 g/mol. The van der Waals surface area contributed by atoms with Gasteiger partial charge in [0.05, 0.1) is 4.90 Å². The van der Waals surface area contributed by atoms with Crippen molar-refractivity contribution < 1.29 is 8.42 Å². The summed E-state index contributed by atoms with van der Waals surface area (Å²) in [5.41, 5.74) is 0.